The second-order valence-electron chi connectivity index (χ2n) is 5.64. The third-order valence-corrected chi connectivity index (χ3v) is 4.13. The van der Waals surface area contributed by atoms with Gasteiger partial charge in [-0.2, -0.15) is 10.5 Å². The molecule has 0 fully saturated rings. The number of para-hydroxylation sites is 1. The lowest BCUT2D eigenvalue weighted by Gasteiger charge is -2.10. The molecule has 0 saturated carbocycles. The minimum atomic E-state index is 0.560. The molecule has 0 spiro atoms. The number of nitrogens with zero attached hydrogens (tertiary/aromatic N) is 4. The van der Waals surface area contributed by atoms with Gasteiger partial charge in [-0.1, -0.05) is 30.3 Å². The fraction of sp³-hybridized carbons (Fsp3) is 0. The van der Waals surface area contributed by atoms with Crippen molar-refractivity contribution in [2.75, 3.05) is 0 Å². The number of fused-ring (bicyclic) bond motifs is 1. The minimum absolute atomic E-state index is 0.560. The SMILES string of the molecule is N#Cc1ccc(-c2cc(C#N)cc3ncn(-c4ccccc4)c23)cc1. The van der Waals surface area contributed by atoms with Gasteiger partial charge in [-0.15, -0.1) is 0 Å². The third-order valence-electron chi connectivity index (χ3n) is 4.13. The first-order chi connectivity index (χ1) is 12.3. The van der Waals surface area contributed by atoms with Gasteiger partial charge in [0.05, 0.1) is 34.3 Å². The van der Waals surface area contributed by atoms with Crippen LogP contribution in [0.2, 0.25) is 0 Å². The second kappa shape index (κ2) is 5.96. The Labute approximate surface area is 144 Å². The Hall–Kier alpha value is -3.89. The molecule has 116 valence electrons. The topological polar surface area (TPSA) is 65.4 Å². The number of imidazole rings is 1. The van der Waals surface area contributed by atoms with Crippen molar-refractivity contribution in [1.29, 1.82) is 10.5 Å². The van der Waals surface area contributed by atoms with E-state index >= 15 is 0 Å². The van der Waals surface area contributed by atoms with Gasteiger partial charge in [0.1, 0.15) is 6.33 Å². The van der Waals surface area contributed by atoms with Gasteiger partial charge in [-0.05, 0) is 42.0 Å². The zero-order chi connectivity index (χ0) is 17.2. The van der Waals surface area contributed by atoms with Crippen LogP contribution in [0.3, 0.4) is 0 Å². The summed E-state index contributed by atoms with van der Waals surface area (Å²) in [5.41, 5.74) is 5.73. The van der Waals surface area contributed by atoms with E-state index in [-0.39, 0.29) is 0 Å². The fourth-order valence-corrected chi connectivity index (χ4v) is 2.94. The summed E-state index contributed by atoms with van der Waals surface area (Å²) in [5.74, 6) is 0. The van der Waals surface area contributed by atoms with E-state index in [4.69, 9.17) is 5.26 Å². The monoisotopic (exact) mass is 320 g/mol. The number of rotatable bonds is 2. The Morgan fingerprint density at radius 2 is 1.52 bits per heavy atom. The Morgan fingerprint density at radius 3 is 2.20 bits per heavy atom. The highest BCUT2D eigenvalue weighted by atomic mass is 15.0. The van der Waals surface area contributed by atoms with Crippen LogP contribution in [0.1, 0.15) is 11.1 Å². The van der Waals surface area contributed by atoms with Gasteiger partial charge >= 0.3 is 0 Å². The molecule has 0 aliphatic rings. The highest BCUT2D eigenvalue weighted by molar-refractivity contribution is 5.94. The van der Waals surface area contributed by atoms with Gasteiger partial charge in [0.2, 0.25) is 0 Å². The first kappa shape index (κ1) is 14.7. The summed E-state index contributed by atoms with van der Waals surface area (Å²) < 4.78 is 2.02. The van der Waals surface area contributed by atoms with Crippen molar-refractivity contribution in [1.82, 2.24) is 9.55 Å². The smallest absolute Gasteiger partial charge is 0.100 e. The Balaban J connectivity index is 2.02. The summed E-state index contributed by atoms with van der Waals surface area (Å²) in [5, 5.41) is 18.4. The molecule has 0 saturated heterocycles. The van der Waals surface area contributed by atoms with Crippen LogP contribution in [-0.4, -0.2) is 9.55 Å². The van der Waals surface area contributed by atoms with Gasteiger partial charge in [0.25, 0.3) is 0 Å². The fourth-order valence-electron chi connectivity index (χ4n) is 2.94. The molecule has 0 aliphatic carbocycles. The van der Waals surface area contributed by atoms with Crippen molar-refractivity contribution in [3.8, 4) is 29.0 Å². The third kappa shape index (κ3) is 2.52. The summed E-state index contributed by atoms with van der Waals surface area (Å²) in [6.45, 7) is 0. The van der Waals surface area contributed by atoms with Gasteiger partial charge < -0.3 is 0 Å². The lowest BCUT2D eigenvalue weighted by atomic mass is 10.00. The maximum absolute atomic E-state index is 9.35. The molecule has 25 heavy (non-hydrogen) atoms. The van der Waals surface area contributed by atoms with Crippen LogP contribution in [0, 0.1) is 22.7 Å². The van der Waals surface area contributed by atoms with E-state index in [1.165, 1.54) is 0 Å². The molecule has 1 heterocycles. The van der Waals surface area contributed by atoms with E-state index < -0.39 is 0 Å². The standard InChI is InChI=1S/C21H12N4/c22-12-15-6-8-17(9-7-15)19-10-16(13-23)11-20-21(19)25(14-24-20)18-4-2-1-3-5-18/h1-11,14H. The molecule has 0 bridgehead atoms. The Bertz CT molecular complexity index is 1140. The van der Waals surface area contributed by atoms with E-state index in [0.29, 0.717) is 11.1 Å². The predicted octanol–water partition coefficient (Wildman–Crippen LogP) is 4.44. The predicted molar refractivity (Wildman–Crippen MR) is 95.9 cm³/mol. The molecular weight excluding hydrogens is 308 g/mol. The van der Waals surface area contributed by atoms with Crippen LogP contribution in [0.15, 0.2) is 73.1 Å². The van der Waals surface area contributed by atoms with E-state index in [1.54, 1.807) is 24.5 Å². The average molecular weight is 320 g/mol. The summed E-state index contributed by atoms with van der Waals surface area (Å²) in [4.78, 5) is 4.48. The van der Waals surface area contributed by atoms with Crippen molar-refractivity contribution in [3.63, 3.8) is 0 Å². The molecule has 4 nitrogen and oxygen atoms in total. The van der Waals surface area contributed by atoms with Crippen molar-refractivity contribution in [2.24, 2.45) is 0 Å². The molecule has 3 aromatic carbocycles. The molecular formula is C21H12N4. The van der Waals surface area contributed by atoms with E-state index in [2.05, 4.69) is 17.1 Å². The second-order valence-corrected chi connectivity index (χ2v) is 5.64. The van der Waals surface area contributed by atoms with Gasteiger partial charge in [0, 0.05) is 11.3 Å². The van der Waals surface area contributed by atoms with Crippen LogP contribution in [0.25, 0.3) is 27.8 Å². The van der Waals surface area contributed by atoms with Crippen LogP contribution < -0.4 is 0 Å². The normalized spacial score (nSPS) is 10.3. The number of hydrogen-bond acceptors (Lipinski definition) is 3. The molecule has 0 N–H and O–H groups in total. The van der Waals surface area contributed by atoms with E-state index in [1.807, 2.05) is 53.1 Å². The zero-order valence-electron chi connectivity index (χ0n) is 13.2. The van der Waals surface area contributed by atoms with Crippen molar-refractivity contribution >= 4 is 11.0 Å². The maximum atomic E-state index is 9.35. The van der Waals surface area contributed by atoms with Crippen molar-refractivity contribution in [2.45, 2.75) is 0 Å². The Kier molecular flexibility index (Phi) is 3.50. The first-order valence-electron chi connectivity index (χ1n) is 7.77. The molecule has 4 rings (SSSR count). The number of aromatic nitrogens is 2. The number of nitriles is 2. The summed E-state index contributed by atoms with van der Waals surface area (Å²) in [6.07, 6.45) is 1.77. The highest BCUT2D eigenvalue weighted by Gasteiger charge is 2.13. The molecule has 0 amide bonds. The van der Waals surface area contributed by atoms with Crippen LogP contribution in [-0.2, 0) is 0 Å². The summed E-state index contributed by atoms with van der Waals surface area (Å²) >= 11 is 0. The molecule has 0 unspecified atom stereocenters. The van der Waals surface area contributed by atoms with E-state index in [9.17, 15) is 5.26 Å². The van der Waals surface area contributed by atoms with Crippen LogP contribution >= 0.6 is 0 Å². The maximum Gasteiger partial charge on any atom is 0.100 e. The molecule has 0 radical (unpaired) electrons. The number of hydrogen-bond donors (Lipinski definition) is 0. The van der Waals surface area contributed by atoms with Crippen LogP contribution in [0.4, 0.5) is 0 Å². The van der Waals surface area contributed by atoms with Gasteiger partial charge in [-0.25, -0.2) is 4.98 Å². The summed E-state index contributed by atoms with van der Waals surface area (Å²) in [6, 6.07) is 25.3. The zero-order valence-corrected chi connectivity index (χ0v) is 13.2. The quantitative estimate of drug-likeness (QED) is 0.548. The van der Waals surface area contributed by atoms with Crippen LogP contribution in [0.5, 0.6) is 0 Å². The lowest BCUT2D eigenvalue weighted by molar-refractivity contribution is 1.09. The molecule has 4 heteroatoms. The van der Waals surface area contributed by atoms with Gasteiger partial charge in [0.15, 0.2) is 0 Å². The minimum Gasteiger partial charge on any atom is -0.298 e. The molecule has 1 aromatic heterocycles. The Morgan fingerprint density at radius 1 is 0.800 bits per heavy atom. The molecule has 0 aliphatic heterocycles. The van der Waals surface area contributed by atoms with Crippen molar-refractivity contribution < 1.29 is 0 Å². The van der Waals surface area contributed by atoms with Crippen molar-refractivity contribution in [3.05, 3.63) is 84.2 Å². The molecule has 4 aromatic rings. The number of benzene rings is 3. The molecule has 0 atom stereocenters. The highest BCUT2D eigenvalue weighted by Crippen LogP contribution is 2.31. The first-order valence-corrected chi connectivity index (χ1v) is 7.77. The van der Waals surface area contributed by atoms with Gasteiger partial charge in [-0.3, -0.25) is 4.57 Å². The largest absolute Gasteiger partial charge is 0.298 e. The average Bonchev–Trinajstić information content (AvgIpc) is 3.12. The lowest BCUT2D eigenvalue weighted by Crippen LogP contribution is -1.94. The van der Waals surface area contributed by atoms with E-state index in [0.717, 1.165) is 27.8 Å². The summed E-state index contributed by atoms with van der Waals surface area (Å²) in [7, 11) is 0.